The van der Waals surface area contributed by atoms with Crippen molar-refractivity contribution >= 4 is 22.5 Å². The summed E-state index contributed by atoms with van der Waals surface area (Å²) >= 11 is 0. The molecular weight excluding hydrogens is 402 g/mol. The highest BCUT2D eigenvalue weighted by molar-refractivity contribution is 6.16. The first-order valence-electron chi connectivity index (χ1n) is 10.3. The van der Waals surface area contributed by atoms with Crippen LogP contribution >= 0.6 is 0 Å². The Labute approximate surface area is 184 Å². The van der Waals surface area contributed by atoms with Gasteiger partial charge in [-0.05, 0) is 54.4 Å². The fourth-order valence-corrected chi connectivity index (χ4v) is 3.90. The Bertz CT molecular complexity index is 1400. The van der Waals surface area contributed by atoms with E-state index in [4.69, 9.17) is 4.74 Å². The van der Waals surface area contributed by atoms with Gasteiger partial charge in [0.2, 0.25) is 0 Å². The Morgan fingerprint density at radius 3 is 2.72 bits per heavy atom. The summed E-state index contributed by atoms with van der Waals surface area (Å²) in [6.07, 6.45) is 7.69. The molecule has 1 N–H and O–H groups in total. The molecule has 0 saturated heterocycles. The van der Waals surface area contributed by atoms with Crippen molar-refractivity contribution in [3.05, 3.63) is 90.6 Å². The molecule has 0 aliphatic carbocycles. The van der Waals surface area contributed by atoms with Gasteiger partial charge in [-0.3, -0.25) is 9.78 Å². The number of hydrogen-bond donors (Lipinski definition) is 1. The molecule has 0 atom stereocenters. The Kier molecular flexibility index (Phi) is 5.21. The van der Waals surface area contributed by atoms with Crippen molar-refractivity contribution in [2.45, 2.75) is 6.42 Å². The second kappa shape index (κ2) is 8.47. The van der Waals surface area contributed by atoms with Crippen molar-refractivity contribution in [1.29, 1.82) is 0 Å². The Morgan fingerprint density at radius 1 is 1.06 bits per heavy atom. The number of nitrogens with zero attached hydrogens (tertiary/aromatic N) is 4. The molecule has 32 heavy (non-hydrogen) atoms. The van der Waals surface area contributed by atoms with Crippen molar-refractivity contribution < 1.29 is 9.53 Å². The lowest BCUT2D eigenvalue weighted by molar-refractivity contribution is 0.0957. The zero-order valence-electron chi connectivity index (χ0n) is 17.5. The van der Waals surface area contributed by atoms with Crippen LogP contribution in [0.2, 0.25) is 0 Å². The number of aromatic nitrogens is 4. The van der Waals surface area contributed by atoms with Gasteiger partial charge in [-0.2, -0.15) is 0 Å². The smallest absolute Gasteiger partial charge is 0.254 e. The average Bonchev–Trinajstić information content (AvgIpc) is 3.19. The number of pyridine rings is 2. The van der Waals surface area contributed by atoms with E-state index in [9.17, 15) is 4.79 Å². The molecular formula is C25H21N5O2. The molecule has 0 radical (unpaired) electrons. The van der Waals surface area contributed by atoms with Gasteiger partial charge in [0.05, 0.1) is 29.3 Å². The fourth-order valence-electron chi connectivity index (χ4n) is 3.90. The standard InChI is InChI=1S/C25H21N5O2/c1-32-19-9-7-18(8-10-19)23-22-21(25(31)27-13-11-17-5-4-12-26-15-17)20-6-2-3-14-30(20)24(22)29-16-28-23/h2-10,12,14-16H,11,13H2,1H3,(H,27,31). The zero-order valence-corrected chi connectivity index (χ0v) is 17.5. The molecule has 0 unspecified atom stereocenters. The first-order valence-corrected chi connectivity index (χ1v) is 10.3. The number of methoxy groups -OCH3 is 1. The van der Waals surface area contributed by atoms with Crippen LogP contribution in [0.15, 0.2) is 79.5 Å². The topological polar surface area (TPSA) is 81.4 Å². The van der Waals surface area contributed by atoms with E-state index in [0.717, 1.165) is 27.8 Å². The molecule has 0 aliphatic heterocycles. The third-order valence-corrected chi connectivity index (χ3v) is 5.43. The minimum absolute atomic E-state index is 0.155. The fraction of sp³-hybridized carbons (Fsp3) is 0.120. The number of carbonyl (C=O) groups is 1. The minimum atomic E-state index is -0.155. The van der Waals surface area contributed by atoms with E-state index < -0.39 is 0 Å². The summed E-state index contributed by atoms with van der Waals surface area (Å²) in [7, 11) is 1.63. The van der Waals surface area contributed by atoms with Gasteiger partial charge in [-0.1, -0.05) is 12.1 Å². The van der Waals surface area contributed by atoms with Gasteiger partial charge in [-0.15, -0.1) is 0 Å². The van der Waals surface area contributed by atoms with Crippen LogP contribution in [0.1, 0.15) is 15.9 Å². The van der Waals surface area contributed by atoms with Crippen LogP contribution < -0.4 is 10.1 Å². The first kappa shape index (κ1) is 19.7. The van der Waals surface area contributed by atoms with Crippen molar-refractivity contribution in [1.82, 2.24) is 24.7 Å². The monoisotopic (exact) mass is 423 g/mol. The number of nitrogens with one attached hydrogen (secondary N) is 1. The van der Waals surface area contributed by atoms with Crippen LogP contribution in [0, 0.1) is 0 Å². The summed E-state index contributed by atoms with van der Waals surface area (Å²) in [4.78, 5) is 26.6. The summed E-state index contributed by atoms with van der Waals surface area (Å²) in [6.45, 7) is 0.502. The SMILES string of the molecule is COc1ccc(-c2ncnc3c2c(C(=O)NCCc2cccnc2)c2ccccn23)cc1. The van der Waals surface area contributed by atoms with Crippen LogP contribution in [0.25, 0.3) is 27.8 Å². The second-order valence-corrected chi connectivity index (χ2v) is 7.35. The highest BCUT2D eigenvalue weighted by atomic mass is 16.5. The Morgan fingerprint density at radius 2 is 1.94 bits per heavy atom. The number of ether oxygens (including phenoxy) is 1. The molecule has 7 heteroatoms. The normalized spacial score (nSPS) is 11.0. The Hall–Kier alpha value is -4.26. The van der Waals surface area contributed by atoms with Crippen LogP contribution in [0.5, 0.6) is 5.75 Å². The number of fused-ring (bicyclic) bond motifs is 3. The van der Waals surface area contributed by atoms with E-state index in [2.05, 4.69) is 20.3 Å². The molecule has 0 fully saturated rings. The van der Waals surface area contributed by atoms with Gasteiger partial charge >= 0.3 is 0 Å². The first-order chi connectivity index (χ1) is 15.8. The minimum Gasteiger partial charge on any atom is -0.497 e. The van der Waals surface area contributed by atoms with Crippen molar-refractivity contribution in [2.75, 3.05) is 13.7 Å². The van der Waals surface area contributed by atoms with Crippen molar-refractivity contribution in [3.8, 4) is 17.0 Å². The molecule has 1 aromatic carbocycles. The third kappa shape index (κ3) is 3.54. The predicted octanol–water partition coefficient (Wildman–Crippen LogP) is 3.93. The summed E-state index contributed by atoms with van der Waals surface area (Å²) in [5.41, 5.74) is 4.72. The van der Waals surface area contributed by atoms with E-state index >= 15 is 0 Å². The number of hydrogen-bond acceptors (Lipinski definition) is 5. The molecule has 1 amide bonds. The molecule has 4 heterocycles. The molecule has 0 spiro atoms. The van der Waals surface area contributed by atoms with Crippen LogP contribution in [0.4, 0.5) is 0 Å². The van der Waals surface area contributed by atoms with Crippen molar-refractivity contribution in [2.24, 2.45) is 0 Å². The van der Waals surface area contributed by atoms with Crippen molar-refractivity contribution in [3.63, 3.8) is 0 Å². The van der Waals surface area contributed by atoms with Gasteiger partial charge in [0.25, 0.3) is 5.91 Å². The lowest BCUT2D eigenvalue weighted by Gasteiger charge is -2.08. The van der Waals surface area contributed by atoms with Crippen LogP contribution in [-0.4, -0.2) is 38.9 Å². The maximum Gasteiger partial charge on any atom is 0.254 e. The molecule has 7 nitrogen and oxygen atoms in total. The number of amides is 1. The van der Waals surface area contributed by atoms with Gasteiger partial charge in [0.15, 0.2) is 0 Å². The van der Waals surface area contributed by atoms with Gasteiger partial charge in [0.1, 0.15) is 17.7 Å². The average molecular weight is 423 g/mol. The van der Waals surface area contributed by atoms with E-state index in [1.807, 2.05) is 71.4 Å². The Balaban J connectivity index is 1.59. The summed E-state index contributed by atoms with van der Waals surface area (Å²) in [6, 6.07) is 17.3. The summed E-state index contributed by atoms with van der Waals surface area (Å²) in [5, 5.41) is 3.78. The van der Waals surface area contributed by atoms with Crippen LogP contribution in [-0.2, 0) is 6.42 Å². The van der Waals surface area contributed by atoms with Gasteiger partial charge in [-0.25, -0.2) is 9.97 Å². The maximum atomic E-state index is 13.4. The lowest BCUT2D eigenvalue weighted by Crippen LogP contribution is -2.25. The molecule has 0 aliphatic rings. The zero-order chi connectivity index (χ0) is 21.9. The predicted molar refractivity (Wildman–Crippen MR) is 123 cm³/mol. The molecule has 5 aromatic rings. The van der Waals surface area contributed by atoms with E-state index in [1.54, 1.807) is 13.3 Å². The van der Waals surface area contributed by atoms with Gasteiger partial charge in [0, 0.05) is 30.7 Å². The van der Waals surface area contributed by atoms with Gasteiger partial charge < -0.3 is 14.5 Å². The molecule has 5 rings (SSSR count). The molecule has 4 aromatic heterocycles. The van der Waals surface area contributed by atoms with Crippen LogP contribution in [0.3, 0.4) is 0 Å². The molecule has 158 valence electrons. The third-order valence-electron chi connectivity index (χ3n) is 5.43. The van der Waals surface area contributed by atoms with E-state index in [-0.39, 0.29) is 5.91 Å². The molecule has 0 bridgehead atoms. The second-order valence-electron chi connectivity index (χ2n) is 7.35. The number of carbonyl (C=O) groups excluding carboxylic acids is 1. The summed E-state index contributed by atoms with van der Waals surface area (Å²) in [5.74, 6) is 0.603. The largest absolute Gasteiger partial charge is 0.497 e. The number of rotatable bonds is 6. The maximum absolute atomic E-state index is 13.4. The summed E-state index contributed by atoms with van der Waals surface area (Å²) < 4.78 is 7.21. The quantitative estimate of drug-likeness (QED) is 0.448. The molecule has 0 saturated carbocycles. The van der Waals surface area contributed by atoms with E-state index in [1.165, 1.54) is 6.33 Å². The number of benzene rings is 1. The highest BCUT2D eigenvalue weighted by Crippen LogP contribution is 2.33. The lowest BCUT2D eigenvalue weighted by atomic mass is 10.0. The van der Waals surface area contributed by atoms with E-state index in [0.29, 0.717) is 29.9 Å². The highest BCUT2D eigenvalue weighted by Gasteiger charge is 2.22.